The van der Waals surface area contributed by atoms with Crippen LogP contribution in [0.3, 0.4) is 0 Å². The van der Waals surface area contributed by atoms with Gasteiger partial charge in [-0.3, -0.25) is 4.79 Å². The Morgan fingerprint density at radius 2 is 1.83 bits per heavy atom. The largest absolute Gasteiger partial charge is 0.481 e. The number of carboxylic acid groups (broad SMARTS) is 1. The van der Waals surface area contributed by atoms with Gasteiger partial charge in [-0.1, -0.05) is 43.2 Å². The molecule has 0 aromatic heterocycles. The second-order valence-electron chi connectivity index (χ2n) is 5.10. The lowest BCUT2D eigenvalue weighted by atomic mass is 9.67. The molecule has 1 atom stereocenters. The van der Waals surface area contributed by atoms with Crippen molar-refractivity contribution in [3.05, 3.63) is 35.9 Å². The first kappa shape index (κ1) is 13.1. The van der Waals surface area contributed by atoms with Crippen LogP contribution in [0.2, 0.25) is 0 Å². The summed E-state index contributed by atoms with van der Waals surface area (Å²) < 4.78 is 0. The minimum absolute atomic E-state index is 0.0856. The average Bonchev–Trinajstić information content (AvgIpc) is 2.90. The fraction of sp³-hybridized carbons (Fsp3) is 0.533. The van der Waals surface area contributed by atoms with Crippen LogP contribution < -0.4 is 0 Å². The maximum Gasteiger partial charge on any atom is 0.314 e. The minimum Gasteiger partial charge on any atom is -0.481 e. The molecule has 0 bridgehead atoms. The van der Waals surface area contributed by atoms with Gasteiger partial charge in [0.15, 0.2) is 0 Å². The van der Waals surface area contributed by atoms with E-state index in [0.717, 1.165) is 31.2 Å². The van der Waals surface area contributed by atoms with Gasteiger partial charge in [0.1, 0.15) is 0 Å². The zero-order valence-electron chi connectivity index (χ0n) is 10.5. The molecule has 1 fully saturated rings. The lowest BCUT2D eigenvalue weighted by molar-refractivity contribution is -0.147. The third-order valence-electron chi connectivity index (χ3n) is 4.23. The van der Waals surface area contributed by atoms with Gasteiger partial charge >= 0.3 is 5.97 Å². The molecule has 0 heterocycles. The molecular weight excluding hydrogens is 228 g/mol. The van der Waals surface area contributed by atoms with Gasteiger partial charge in [-0.25, -0.2) is 0 Å². The van der Waals surface area contributed by atoms with Crippen molar-refractivity contribution in [2.24, 2.45) is 5.92 Å². The average molecular weight is 248 g/mol. The predicted octanol–water partition coefficient (Wildman–Crippen LogP) is 2.58. The quantitative estimate of drug-likeness (QED) is 0.842. The number of hydrogen-bond donors (Lipinski definition) is 2. The molecule has 1 unspecified atom stereocenters. The Labute approximate surface area is 107 Å². The summed E-state index contributed by atoms with van der Waals surface area (Å²) in [6.45, 7) is -0.0856. The molecule has 3 heteroatoms. The maximum absolute atomic E-state index is 11.9. The molecule has 2 N–H and O–H groups in total. The normalized spacial score (nSPS) is 19.6. The fourth-order valence-electron chi connectivity index (χ4n) is 3.32. The van der Waals surface area contributed by atoms with E-state index in [2.05, 4.69) is 0 Å². The summed E-state index contributed by atoms with van der Waals surface area (Å²) in [6.07, 6.45) is 4.38. The fourth-order valence-corrected chi connectivity index (χ4v) is 3.32. The summed E-state index contributed by atoms with van der Waals surface area (Å²) >= 11 is 0. The smallest absolute Gasteiger partial charge is 0.314 e. The van der Waals surface area contributed by atoms with E-state index in [9.17, 15) is 15.0 Å². The molecule has 98 valence electrons. The zero-order valence-corrected chi connectivity index (χ0v) is 10.5. The number of hydrogen-bond acceptors (Lipinski definition) is 2. The van der Waals surface area contributed by atoms with Crippen molar-refractivity contribution in [3.8, 4) is 0 Å². The first-order valence-electron chi connectivity index (χ1n) is 6.61. The van der Waals surface area contributed by atoms with Crippen LogP contribution in [0.25, 0.3) is 0 Å². The van der Waals surface area contributed by atoms with Gasteiger partial charge in [0.05, 0.1) is 5.41 Å². The van der Waals surface area contributed by atoms with E-state index in [-0.39, 0.29) is 12.5 Å². The van der Waals surface area contributed by atoms with Gasteiger partial charge in [0.25, 0.3) is 0 Å². The van der Waals surface area contributed by atoms with E-state index in [4.69, 9.17) is 0 Å². The lowest BCUT2D eigenvalue weighted by Crippen LogP contribution is -2.43. The van der Waals surface area contributed by atoms with Gasteiger partial charge in [0.2, 0.25) is 0 Å². The first-order chi connectivity index (χ1) is 8.71. The molecule has 1 aliphatic rings. The zero-order chi connectivity index (χ0) is 13.0. The van der Waals surface area contributed by atoms with Crippen molar-refractivity contribution < 1.29 is 15.0 Å². The molecule has 0 radical (unpaired) electrons. The monoisotopic (exact) mass is 248 g/mol. The lowest BCUT2D eigenvalue weighted by Gasteiger charge is -2.35. The highest BCUT2D eigenvalue weighted by molar-refractivity contribution is 5.82. The van der Waals surface area contributed by atoms with Crippen LogP contribution in [0.15, 0.2) is 30.3 Å². The van der Waals surface area contributed by atoms with Crippen LogP contribution in [-0.2, 0) is 10.2 Å². The molecule has 2 rings (SSSR count). The van der Waals surface area contributed by atoms with Crippen LogP contribution in [0.5, 0.6) is 0 Å². The van der Waals surface area contributed by atoms with Gasteiger partial charge in [-0.05, 0) is 30.7 Å². The van der Waals surface area contributed by atoms with Crippen LogP contribution in [0, 0.1) is 5.92 Å². The van der Waals surface area contributed by atoms with Crippen LogP contribution >= 0.6 is 0 Å². The SMILES string of the molecule is O=C(O)C(CCO)(c1ccccc1)C1CCCC1. The summed E-state index contributed by atoms with van der Waals surface area (Å²) in [5.41, 5.74) is -0.0783. The van der Waals surface area contributed by atoms with Crippen molar-refractivity contribution in [1.82, 2.24) is 0 Å². The molecule has 18 heavy (non-hydrogen) atoms. The Morgan fingerprint density at radius 3 is 2.33 bits per heavy atom. The highest BCUT2D eigenvalue weighted by atomic mass is 16.4. The van der Waals surface area contributed by atoms with Crippen molar-refractivity contribution in [1.29, 1.82) is 0 Å². The Balaban J connectivity index is 2.45. The number of aliphatic hydroxyl groups excluding tert-OH is 1. The van der Waals surface area contributed by atoms with E-state index in [1.807, 2.05) is 30.3 Å². The molecule has 0 aliphatic heterocycles. The molecule has 0 amide bonds. The molecular formula is C15H20O3. The van der Waals surface area contributed by atoms with E-state index in [1.54, 1.807) is 0 Å². The number of aliphatic carboxylic acids is 1. The van der Waals surface area contributed by atoms with E-state index in [1.165, 1.54) is 0 Å². The molecule has 1 aromatic rings. The Hall–Kier alpha value is -1.35. The third kappa shape index (κ3) is 2.15. The molecule has 1 aromatic carbocycles. The standard InChI is InChI=1S/C15H20O3/c16-11-10-15(14(17)18,13-8-4-5-9-13)12-6-2-1-3-7-12/h1-3,6-7,13,16H,4-5,8-11H2,(H,17,18). The Bertz CT molecular complexity index is 395. The highest BCUT2D eigenvalue weighted by Gasteiger charge is 2.47. The number of benzene rings is 1. The summed E-state index contributed by atoms with van der Waals surface area (Å²) in [7, 11) is 0. The molecule has 0 spiro atoms. The van der Waals surface area contributed by atoms with Crippen molar-refractivity contribution >= 4 is 5.97 Å². The van der Waals surface area contributed by atoms with Gasteiger partial charge in [0, 0.05) is 6.61 Å². The van der Waals surface area contributed by atoms with Gasteiger partial charge in [-0.15, -0.1) is 0 Å². The summed E-state index contributed by atoms with van der Waals surface area (Å²) in [5.74, 6) is -0.654. The molecule has 1 aliphatic carbocycles. The maximum atomic E-state index is 11.9. The third-order valence-corrected chi connectivity index (χ3v) is 4.23. The van der Waals surface area contributed by atoms with Crippen molar-refractivity contribution in [2.45, 2.75) is 37.5 Å². The van der Waals surface area contributed by atoms with Gasteiger partial charge in [-0.2, -0.15) is 0 Å². The van der Waals surface area contributed by atoms with Crippen molar-refractivity contribution in [2.75, 3.05) is 6.61 Å². The number of carbonyl (C=O) groups is 1. The molecule has 0 saturated heterocycles. The van der Waals surface area contributed by atoms with E-state index in [0.29, 0.717) is 6.42 Å². The number of carboxylic acids is 1. The molecule has 1 saturated carbocycles. The Morgan fingerprint density at radius 1 is 1.22 bits per heavy atom. The summed E-state index contributed by atoms with van der Waals surface area (Å²) in [6, 6.07) is 9.40. The molecule has 3 nitrogen and oxygen atoms in total. The van der Waals surface area contributed by atoms with Crippen LogP contribution in [-0.4, -0.2) is 22.8 Å². The second-order valence-corrected chi connectivity index (χ2v) is 5.10. The minimum atomic E-state index is -0.910. The first-order valence-corrected chi connectivity index (χ1v) is 6.61. The Kier molecular flexibility index (Phi) is 4.02. The van der Waals surface area contributed by atoms with Crippen LogP contribution in [0.4, 0.5) is 0 Å². The van der Waals surface area contributed by atoms with Gasteiger partial charge < -0.3 is 10.2 Å². The predicted molar refractivity (Wildman–Crippen MR) is 69.4 cm³/mol. The van der Waals surface area contributed by atoms with E-state index < -0.39 is 11.4 Å². The summed E-state index contributed by atoms with van der Waals surface area (Å²) in [5, 5.41) is 19.1. The highest BCUT2D eigenvalue weighted by Crippen LogP contribution is 2.44. The summed E-state index contributed by atoms with van der Waals surface area (Å²) in [4.78, 5) is 11.9. The topological polar surface area (TPSA) is 57.5 Å². The number of aliphatic hydroxyl groups is 1. The second kappa shape index (κ2) is 5.53. The van der Waals surface area contributed by atoms with Crippen molar-refractivity contribution in [3.63, 3.8) is 0 Å². The van der Waals surface area contributed by atoms with Crippen LogP contribution in [0.1, 0.15) is 37.7 Å². The van der Waals surface area contributed by atoms with E-state index >= 15 is 0 Å². The number of rotatable bonds is 5.